The number of nitrogens with zero attached hydrogens (tertiary/aromatic N) is 2. The van der Waals surface area contributed by atoms with Crippen molar-refractivity contribution in [2.75, 3.05) is 0 Å². The van der Waals surface area contributed by atoms with E-state index in [0.717, 1.165) is 12.2 Å². The molecule has 6 heteroatoms. The van der Waals surface area contributed by atoms with Crippen molar-refractivity contribution in [3.63, 3.8) is 0 Å². The summed E-state index contributed by atoms with van der Waals surface area (Å²) in [6.45, 7) is 0.741. The Labute approximate surface area is 127 Å². The van der Waals surface area contributed by atoms with Crippen LogP contribution in [0.4, 0.5) is 0 Å². The summed E-state index contributed by atoms with van der Waals surface area (Å²) >= 11 is 11.8. The summed E-state index contributed by atoms with van der Waals surface area (Å²) in [6, 6.07) is 9.41. The number of benzene rings is 1. The van der Waals surface area contributed by atoms with Crippen molar-refractivity contribution in [3.05, 3.63) is 46.1 Å². The second-order valence-corrected chi connectivity index (χ2v) is 5.51. The molecule has 0 atom stereocenters. The van der Waals surface area contributed by atoms with E-state index in [0.29, 0.717) is 27.7 Å². The van der Waals surface area contributed by atoms with E-state index in [1.807, 2.05) is 6.07 Å². The molecule has 0 spiro atoms. The van der Waals surface area contributed by atoms with Gasteiger partial charge in [0.05, 0.1) is 15.7 Å². The van der Waals surface area contributed by atoms with Crippen LogP contribution in [0.25, 0.3) is 0 Å². The van der Waals surface area contributed by atoms with Gasteiger partial charge in [-0.2, -0.15) is 5.10 Å². The maximum absolute atomic E-state index is 5.93. The Morgan fingerprint density at radius 3 is 2.60 bits per heavy atom. The molecular formula is C14H13Cl2N3O. The highest BCUT2D eigenvalue weighted by atomic mass is 35.5. The number of nitrogens with one attached hydrogen (secondary N) is 1. The van der Waals surface area contributed by atoms with Crippen LogP contribution in [-0.4, -0.2) is 16.2 Å². The summed E-state index contributed by atoms with van der Waals surface area (Å²) in [5.41, 5.74) is 0.901. The van der Waals surface area contributed by atoms with Gasteiger partial charge in [0.1, 0.15) is 5.75 Å². The number of halogens is 2. The maximum atomic E-state index is 5.93. The van der Waals surface area contributed by atoms with Gasteiger partial charge in [-0.05, 0) is 31.0 Å². The molecule has 20 heavy (non-hydrogen) atoms. The van der Waals surface area contributed by atoms with E-state index >= 15 is 0 Å². The SMILES string of the molecule is Clc1ccc(Oc2ccc(CNC3CC3)nn2)cc1Cl. The summed E-state index contributed by atoms with van der Waals surface area (Å²) in [6.07, 6.45) is 2.51. The van der Waals surface area contributed by atoms with Crippen molar-refractivity contribution in [1.82, 2.24) is 15.5 Å². The molecule has 0 aliphatic heterocycles. The molecule has 1 aliphatic carbocycles. The Bertz CT molecular complexity index is 600. The van der Waals surface area contributed by atoms with Gasteiger partial charge in [-0.1, -0.05) is 23.2 Å². The van der Waals surface area contributed by atoms with Crippen LogP contribution < -0.4 is 10.1 Å². The topological polar surface area (TPSA) is 47.0 Å². The van der Waals surface area contributed by atoms with Crippen molar-refractivity contribution in [2.24, 2.45) is 0 Å². The third-order valence-corrected chi connectivity index (χ3v) is 3.70. The molecule has 1 fully saturated rings. The first kappa shape index (κ1) is 13.6. The van der Waals surface area contributed by atoms with Crippen molar-refractivity contribution < 1.29 is 4.74 Å². The van der Waals surface area contributed by atoms with Crippen LogP contribution in [0.15, 0.2) is 30.3 Å². The minimum Gasteiger partial charge on any atom is -0.437 e. The zero-order valence-corrected chi connectivity index (χ0v) is 12.2. The van der Waals surface area contributed by atoms with Gasteiger partial charge in [0.2, 0.25) is 5.88 Å². The van der Waals surface area contributed by atoms with Gasteiger partial charge in [-0.25, -0.2) is 0 Å². The molecule has 1 aromatic carbocycles. The van der Waals surface area contributed by atoms with E-state index in [1.165, 1.54) is 12.8 Å². The zero-order chi connectivity index (χ0) is 13.9. The van der Waals surface area contributed by atoms with Gasteiger partial charge >= 0.3 is 0 Å². The Kier molecular flexibility index (Phi) is 4.05. The molecule has 1 N–H and O–H groups in total. The summed E-state index contributed by atoms with van der Waals surface area (Å²) in [7, 11) is 0. The van der Waals surface area contributed by atoms with Gasteiger partial charge < -0.3 is 10.1 Å². The number of aromatic nitrogens is 2. The Morgan fingerprint density at radius 1 is 1.10 bits per heavy atom. The van der Waals surface area contributed by atoms with Crippen LogP contribution in [0.1, 0.15) is 18.5 Å². The Hall–Kier alpha value is -1.36. The third-order valence-electron chi connectivity index (χ3n) is 2.96. The molecule has 0 amide bonds. The molecule has 1 aromatic heterocycles. The average Bonchev–Trinajstić information content (AvgIpc) is 3.26. The normalized spacial score (nSPS) is 14.3. The van der Waals surface area contributed by atoms with E-state index in [-0.39, 0.29) is 0 Å². The second-order valence-electron chi connectivity index (χ2n) is 4.70. The van der Waals surface area contributed by atoms with Gasteiger partial charge in [-0.15, -0.1) is 5.10 Å². The highest BCUT2D eigenvalue weighted by Crippen LogP contribution is 2.28. The van der Waals surface area contributed by atoms with Crippen LogP contribution >= 0.6 is 23.2 Å². The van der Waals surface area contributed by atoms with Crippen molar-refractivity contribution >= 4 is 23.2 Å². The minimum absolute atomic E-state index is 0.429. The lowest BCUT2D eigenvalue weighted by molar-refractivity contribution is 0.453. The predicted octanol–water partition coefficient (Wildman–Crippen LogP) is 3.83. The highest BCUT2D eigenvalue weighted by molar-refractivity contribution is 6.42. The quantitative estimate of drug-likeness (QED) is 0.912. The molecule has 3 rings (SSSR count). The lowest BCUT2D eigenvalue weighted by atomic mass is 10.3. The lowest BCUT2D eigenvalue weighted by Crippen LogP contribution is -2.16. The molecule has 0 unspecified atom stereocenters. The van der Waals surface area contributed by atoms with Crippen LogP contribution in [0.3, 0.4) is 0 Å². The van der Waals surface area contributed by atoms with E-state index < -0.39 is 0 Å². The van der Waals surface area contributed by atoms with E-state index in [4.69, 9.17) is 27.9 Å². The maximum Gasteiger partial charge on any atom is 0.238 e. The van der Waals surface area contributed by atoms with Crippen molar-refractivity contribution in [2.45, 2.75) is 25.4 Å². The fourth-order valence-corrected chi connectivity index (χ4v) is 1.98. The third kappa shape index (κ3) is 3.60. The molecule has 4 nitrogen and oxygen atoms in total. The van der Waals surface area contributed by atoms with Gasteiger partial charge in [0, 0.05) is 24.7 Å². The first-order chi connectivity index (χ1) is 9.70. The van der Waals surface area contributed by atoms with Gasteiger partial charge in [0.25, 0.3) is 0 Å². The molecule has 104 valence electrons. The Balaban J connectivity index is 1.62. The molecule has 1 heterocycles. The highest BCUT2D eigenvalue weighted by Gasteiger charge is 2.20. The van der Waals surface area contributed by atoms with Crippen LogP contribution in [0.2, 0.25) is 10.0 Å². The molecule has 0 radical (unpaired) electrons. The Morgan fingerprint density at radius 2 is 1.95 bits per heavy atom. The smallest absolute Gasteiger partial charge is 0.238 e. The van der Waals surface area contributed by atoms with Crippen LogP contribution in [-0.2, 0) is 6.54 Å². The largest absolute Gasteiger partial charge is 0.437 e. The number of hydrogen-bond acceptors (Lipinski definition) is 4. The van der Waals surface area contributed by atoms with Crippen LogP contribution in [0.5, 0.6) is 11.6 Å². The summed E-state index contributed by atoms with van der Waals surface area (Å²) in [4.78, 5) is 0. The zero-order valence-electron chi connectivity index (χ0n) is 10.6. The molecule has 1 aliphatic rings. The minimum atomic E-state index is 0.429. The van der Waals surface area contributed by atoms with E-state index in [1.54, 1.807) is 24.3 Å². The average molecular weight is 310 g/mol. The van der Waals surface area contributed by atoms with Gasteiger partial charge in [-0.3, -0.25) is 0 Å². The molecule has 2 aromatic rings. The van der Waals surface area contributed by atoms with E-state index in [2.05, 4.69) is 15.5 Å². The number of ether oxygens (including phenoxy) is 1. The molecule has 1 saturated carbocycles. The number of hydrogen-bond donors (Lipinski definition) is 1. The van der Waals surface area contributed by atoms with Crippen molar-refractivity contribution in [3.8, 4) is 11.6 Å². The monoisotopic (exact) mass is 309 g/mol. The van der Waals surface area contributed by atoms with Crippen molar-refractivity contribution in [1.29, 1.82) is 0 Å². The fraction of sp³-hybridized carbons (Fsp3) is 0.286. The molecular weight excluding hydrogens is 297 g/mol. The second kappa shape index (κ2) is 5.95. The fourth-order valence-electron chi connectivity index (χ4n) is 1.69. The van der Waals surface area contributed by atoms with E-state index in [9.17, 15) is 0 Å². The van der Waals surface area contributed by atoms with Gasteiger partial charge in [0.15, 0.2) is 0 Å². The summed E-state index contributed by atoms with van der Waals surface area (Å²) < 4.78 is 5.57. The first-order valence-corrected chi connectivity index (χ1v) is 7.15. The summed E-state index contributed by atoms with van der Waals surface area (Å²) in [5.74, 6) is 1.01. The molecule has 0 saturated heterocycles. The molecule has 0 bridgehead atoms. The van der Waals surface area contributed by atoms with Crippen LogP contribution in [0, 0.1) is 0 Å². The first-order valence-electron chi connectivity index (χ1n) is 6.39. The predicted molar refractivity (Wildman–Crippen MR) is 78.4 cm³/mol. The lowest BCUT2D eigenvalue weighted by Gasteiger charge is -2.06. The summed E-state index contributed by atoms with van der Waals surface area (Å²) in [5, 5.41) is 12.5. The number of rotatable bonds is 5. The standard InChI is InChI=1S/C14H13Cl2N3O/c15-12-5-4-11(7-13(12)16)20-14-6-3-10(18-19-14)8-17-9-1-2-9/h3-7,9,17H,1-2,8H2.